The first-order valence-corrected chi connectivity index (χ1v) is 6.16. The molecule has 74 valence electrons. The topological polar surface area (TPSA) is 60.2 Å². The highest BCUT2D eigenvalue weighted by molar-refractivity contribution is 8.14. The number of nitrogens with zero attached hydrogens (tertiary/aromatic N) is 1. The van der Waals surface area contributed by atoms with Gasteiger partial charge in [-0.1, -0.05) is 16.8 Å². The van der Waals surface area contributed by atoms with Gasteiger partial charge in [-0.05, 0) is 12.1 Å². The smallest absolute Gasteiger partial charge is 0.263 e. The van der Waals surface area contributed by atoms with Crippen LogP contribution < -0.4 is 0 Å². The second kappa shape index (κ2) is 3.12. The highest BCUT2D eigenvalue weighted by Crippen LogP contribution is 2.32. The summed E-state index contributed by atoms with van der Waals surface area (Å²) in [6, 6.07) is 2.92. The van der Waals surface area contributed by atoms with Gasteiger partial charge in [-0.2, -0.15) is 0 Å². The molecular formula is C7H3Cl2NO3S. The molecule has 0 bridgehead atoms. The van der Waals surface area contributed by atoms with Crippen molar-refractivity contribution in [2.45, 2.75) is 4.90 Å². The third-order valence-corrected chi connectivity index (χ3v) is 3.50. The van der Waals surface area contributed by atoms with E-state index < -0.39 is 9.05 Å². The second-order valence-corrected chi connectivity index (χ2v) is 5.46. The normalized spacial score (nSPS) is 12.1. The Balaban J connectivity index is 2.98. The van der Waals surface area contributed by atoms with Gasteiger partial charge in [-0.3, -0.25) is 0 Å². The predicted molar refractivity (Wildman–Crippen MR) is 52.1 cm³/mol. The van der Waals surface area contributed by atoms with Gasteiger partial charge >= 0.3 is 0 Å². The fourth-order valence-corrected chi connectivity index (χ4v) is 2.94. The Morgan fingerprint density at radius 2 is 2.07 bits per heavy atom. The molecule has 0 aliphatic heterocycles. The van der Waals surface area contributed by atoms with Crippen molar-refractivity contribution in [2.75, 3.05) is 0 Å². The molecule has 0 radical (unpaired) electrons. The Hall–Kier alpha value is -0.780. The summed E-state index contributed by atoms with van der Waals surface area (Å²) >= 11 is 5.71. The zero-order valence-electron chi connectivity index (χ0n) is 6.57. The highest BCUT2D eigenvalue weighted by atomic mass is 35.7. The minimum absolute atomic E-state index is 0.0516. The van der Waals surface area contributed by atoms with Crippen molar-refractivity contribution in [3.05, 3.63) is 23.4 Å². The fraction of sp³-hybridized carbons (Fsp3) is 0. The third kappa shape index (κ3) is 1.47. The molecular weight excluding hydrogens is 249 g/mol. The zero-order valence-corrected chi connectivity index (χ0v) is 8.90. The molecule has 4 nitrogen and oxygen atoms in total. The monoisotopic (exact) mass is 251 g/mol. The van der Waals surface area contributed by atoms with Gasteiger partial charge in [0, 0.05) is 10.7 Å². The molecule has 0 spiro atoms. The van der Waals surface area contributed by atoms with E-state index in [9.17, 15) is 8.42 Å². The third-order valence-electron chi connectivity index (χ3n) is 1.68. The van der Waals surface area contributed by atoms with Crippen LogP contribution in [-0.2, 0) is 9.05 Å². The summed E-state index contributed by atoms with van der Waals surface area (Å²) in [5.74, 6) is 0. The lowest BCUT2D eigenvalue weighted by molar-refractivity contribution is 0.456. The van der Waals surface area contributed by atoms with Crippen LogP contribution in [0.2, 0.25) is 5.02 Å². The van der Waals surface area contributed by atoms with Crippen molar-refractivity contribution in [1.82, 2.24) is 5.16 Å². The molecule has 0 unspecified atom stereocenters. The van der Waals surface area contributed by atoms with Crippen molar-refractivity contribution < 1.29 is 12.9 Å². The van der Waals surface area contributed by atoms with Crippen LogP contribution in [0.4, 0.5) is 0 Å². The Morgan fingerprint density at radius 3 is 2.71 bits per heavy atom. The highest BCUT2D eigenvalue weighted by Gasteiger charge is 2.20. The Labute approximate surface area is 88.8 Å². The van der Waals surface area contributed by atoms with Crippen LogP contribution in [0.1, 0.15) is 0 Å². The first-order valence-electron chi connectivity index (χ1n) is 3.47. The maximum absolute atomic E-state index is 11.2. The number of benzene rings is 1. The lowest BCUT2D eigenvalue weighted by atomic mass is 10.3. The molecule has 0 N–H and O–H groups in total. The average Bonchev–Trinajstić information content (AvgIpc) is 2.48. The summed E-state index contributed by atoms with van der Waals surface area (Å²) in [5, 5.41) is 3.80. The zero-order chi connectivity index (χ0) is 10.3. The molecule has 7 heteroatoms. The lowest BCUT2D eigenvalue weighted by Crippen LogP contribution is -1.92. The maximum Gasteiger partial charge on any atom is 0.263 e. The van der Waals surface area contributed by atoms with E-state index in [-0.39, 0.29) is 15.3 Å². The number of fused-ring (bicyclic) bond motifs is 1. The van der Waals surface area contributed by atoms with Gasteiger partial charge in [-0.25, -0.2) is 8.42 Å². The summed E-state index contributed by atoms with van der Waals surface area (Å²) in [6.45, 7) is 0. The molecule has 0 atom stereocenters. The quantitative estimate of drug-likeness (QED) is 0.731. The van der Waals surface area contributed by atoms with E-state index in [1.807, 2.05) is 0 Å². The maximum atomic E-state index is 11.2. The van der Waals surface area contributed by atoms with Crippen LogP contribution in [0, 0.1) is 0 Å². The van der Waals surface area contributed by atoms with Crippen molar-refractivity contribution in [1.29, 1.82) is 0 Å². The molecule has 0 fully saturated rings. The van der Waals surface area contributed by atoms with Crippen LogP contribution in [-0.4, -0.2) is 13.6 Å². The van der Waals surface area contributed by atoms with Crippen molar-refractivity contribution >= 4 is 42.3 Å². The number of rotatable bonds is 1. The summed E-state index contributed by atoms with van der Waals surface area (Å²) < 4.78 is 27.1. The molecule has 1 aromatic heterocycles. The van der Waals surface area contributed by atoms with E-state index in [0.717, 1.165) is 0 Å². The number of hydrogen-bond acceptors (Lipinski definition) is 4. The lowest BCUT2D eigenvalue weighted by Gasteiger charge is -1.99. The second-order valence-electron chi connectivity index (χ2n) is 2.55. The van der Waals surface area contributed by atoms with E-state index >= 15 is 0 Å². The largest absolute Gasteiger partial charge is 0.356 e. The first kappa shape index (κ1) is 9.76. The standard InChI is InChI=1S/C7H3Cl2NO3S/c8-5-1-2-6-4(3-10-13-6)7(5)14(9,11)12/h1-3H. The van der Waals surface area contributed by atoms with Crippen LogP contribution >= 0.6 is 22.3 Å². The van der Waals surface area contributed by atoms with Gasteiger partial charge in [0.2, 0.25) is 0 Å². The van der Waals surface area contributed by atoms with Gasteiger partial charge in [-0.15, -0.1) is 0 Å². The Kier molecular flexibility index (Phi) is 2.17. The van der Waals surface area contributed by atoms with E-state index in [0.29, 0.717) is 5.58 Å². The Morgan fingerprint density at radius 1 is 1.36 bits per heavy atom. The van der Waals surface area contributed by atoms with E-state index in [1.54, 1.807) is 0 Å². The van der Waals surface area contributed by atoms with Crippen molar-refractivity contribution in [3.8, 4) is 0 Å². The summed E-state index contributed by atoms with van der Waals surface area (Å²) in [4.78, 5) is -0.167. The van der Waals surface area contributed by atoms with Gasteiger partial charge in [0.15, 0.2) is 5.58 Å². The number of hydrogen-bond donors (Lipinski definition) is 0. The predicted octanol–water partition coefficient (Wildman–Crippen LogP) is 2.41. The van der Waals surface area contributed by atoms with Crippen molar-refractivity contribution in [2.24, 2.45) is 0 Å². The molecule has 0 aliphatic carbocycles. The Bertz CT molecular complexity index is 590. The average molecular weight is 252 g/mol. The summed E-state index contributed by atoms with van der Waals surface area (Å²) in [6.07, 6.45) is 1.26. The fourth-order valence-electron chi connectivity index (χ4n) is 1.14. The molecule has 0 saturated heterocycles. The molecule has 0 saturated carbocycles. The van der Waals surface area contributed by atoms with Crippen LogP contribution in [0.5, 0.6) is 0 Å². The molecule has 2 rings (SSSR count). The molecule has 0 aliphatic rings. The van der Waals surface area contributed by atoms with Gasteiger partial charge in [0.05, 0.1) is 16.6 Å². The summed E-state index contributed by atoms with van der Waals surface area (Å²) in [5.41, 5.74) is 0.327. The van der Waals surface area contributed by atoms with E-state index in [2.05, 4.69) is 5.16 Å². The van der Waals surface area contributed by atoms with E-state index in [1.165, 1.54) is 18.3 Å². The van der Waals surface area contributed by atoms with Crippen LogP contribution in [0.15, 0.2) is 27.7 Å². The minimum Gasteiger partial charge on any atom is -0.356 e. The molecule has 0 amide bonds. The van der Waals surface area contributed by atoms with Gasteiger partial charge in [0.1, 0.15) is 4.90 Å². The molecule has 1 aromatic carbocycles. The number of aromatic nitrogens is 1. The van der Waals surface area contributed by atoms with Gasteiger partial charge < -0.3 is 4.52 Å². The van der Waals surface area contributed by atoms with E-state index in [4.69, 9.17) is 26.8 Å². The van der Waals surface area contributed by atoms with Crippen LogP contribution in [0.3, 0.4) is 0 Å². The van der Waals surface area contributed by atoms with Gasteiger partial charge in [0.25, 0.3) is 9.05 Å². The van der Waals surface area contributed by atoms with Crippen LogP contribution in [0.25, 0.3) is 11.0 Å². The SMILES string of the molecule is O=S(=O)(Cl)c1c(Cl)ccc2oncc12. The number of halogens is 2. The molecule has 2 aromatic rings. The molecule has 14 heavy (non-hydrogen) atoms. The first-order chi connectivity index (χ1) is 6.50. The van der Waals surface area contributed by atoms with Crippen molar-refractivity contribution in [3.63, 3.8) is 0 Å². The summed E-state index contributed by atoms with van der Waals surface area (Å²) in [7, 11) is 1.33. The minimum atomic E-state index is -3.89. The molecule has 1 heterocycles.